The molecular formula is C24H22N2O4S. The molecule has 0 aliphatic carbocycles. The van der Waals surface area contributed by atoms with Gasteiger partial charge in [-0.2, -0.15) is 0 Å². The summed E-state index contributed by atoms with van der Waals surface area (Å²) in [7, 11) is 0. The molecule has 1 aromatic heterocycles. The van der Waals surface area contributed by atoms with Gasteiger partial charge in [-0.1, -0.05) is 43.3 Å². The van der Waals surface area contributed by atoms with Crippen LogP contribution < -0.4 is 15.0 Å². The van der Waals surface area contributed by atoms with E-state index in [0.717, 1.165) is 5.56 Å². The van der Waals surface area contributed by atoms with Crippen LogP contribution in [-0.4, -0.2) is 30.2 Å². The van der Waals surface area contributed by atoms with Gasteiger partial charge in [0.15, 0.2) is 6.10 Å². The van der Waals surface area contributed by atoms with E-state index in [1.807, 2.05) is 48.7 Å². The molecule has 0 fully saturated rings. The zero-order valence-electron chi connectivity index (χ0n) is 17.0. The number of benzene rings is 2. The third-order valence-corrected chi connectivity index (χ3v) is 5.94. The number of hydrogen-bond acceptors (Lipinski definition) is 5. The molecule has 0 radical (unpaired) electrons. The highest BCUT2D eigenvalue weighted by atomic mass is 32.1. The smallest absolute Gasteiger partial charge is 0.268 e. The van der Waals surface area contributed by atoms with Crippen molar-refractivity contribution >= 4 is 34.6 Å². The molecule has 1 unspecified atom stereocenters. The molecule has 2 amide bonds. The first-order valence-electron chi connectivity index (χ1n) is 10.1. The predicted molar refractivity (Wildman–Crippen MR) is 120 cm³/mol. The molecule has 1 aliphatic rings. The van der Waals surface area contributed by atoms with Gasteiger partial charge in [-0.05, 0) is 41.6 Å². The topological polar surface area (TPSA) is 75.7 Å². The normalized spacial score (nSPS) is 15.2. The van der Waals surface area contributed by atoms with E-state index >= 15 is 0 Å². The molecule has 31 heavy (non-hydrogen) atoms. The second-order valence-electron chi connectivity index (χ2n) is 7.19. The fraction of sp³-hybridized carbons (Fsp3) is 0.208. The van der Waals surface area contributed by atoms with E-state index in [9.17, 15) is 14.4 Å². The van der Waals surface area contributed by atoms with E-state index in [1.54, 1.807) is 24.3 Å². The fourth-order valence-corrected chi connectivity index (χ4v) is 4.12. The zero-order chi connectivity index (χ0) is 21.8. The van der Waals surface area contributed by atoms with Crippen molar-refractivity contribution in [3.8, 4) is 5.75 Å². The van der Waals surface area contributed by atoms with Crippen LogP contribution in [-0.2, 0) is 16.1 Å². The maximum Gasteiger partial charge on any atom is 0.268 e. The Morgan fingerprint density at radius 2 is 1.90 bits per heavy atom. The summed E-state index contributed by atoms with van der Waals surface area (Å²) >= 11 is 1.36. The number of anilines is 1. The largest absolute Gasteiger partial charge is 0.478 e. The average Bonchev–Trinajstić information content (AvgIpc) is 3.34. The summed E-state index contributed by atoms with van der Waals surface area (Å²) in [4.78, 5) is 40.4. The van der Waals surface area contributed by atoms with Crippen molar-refractivity contribution in [1.82, 2.24) is 5.32 Å². The lowest BCUT2D eigenvalue weighted by atomic mass is 10.1. The maximum absolute atomic E-state index is 13.0. The molecule has 3 aromatic rings. The number of ether oxygens (including phenoxy) is 1. The molecule has 1 aliphatic heterocycles. The first-order chi connectivity index (χ1) is 15.1. The van der Waals surface area contributed by atoms with Gasteiger partial charge < -0.3 is 10.1 Å². The first-order valence-corrected chi connectivity index (χ1v) is 11.0. The van der Waals surface area contributed by atoms with Crippen LogP contribution in [0.25, 0.3) is 0 Å². The molecule has 0 spiro atoms. The Hall–Kier alpha value is -3.45. The highest BCUT2D eigenvalue weighted by Crippen LogP contribution is 2.36. The third-order valence-electron chi connectivity index (χ3n) is 5.07. The standard InChI is InChI=1S/C24H22N2O4S/c1-2-19-24(29)26(15-22(27)25-14-16-7-4-3-5-8-16)18-13-17(10-11-20(18)30-19)23(28)21-9-6-12-31-21/h3-13,19H,2,14-15H2,1H3,(H,25,27). The van der Waals surface area contributed by atoms with Gasteiger partial charge in [0.2, 0.25) is 11.7 Å². The van der Waals surface area contributed by atoms with Crippen LogP contribution >= 0.6 is 11.3 Å². The quantitative estimate of drug-likeness (QED) is 0.574. The second-order valence-corrected chi connectivity index (χ2v) is 8.14. The van der Waals surface area contributed by atoms with Crippen LogP contribution in [0, 0.1) is 0 Å². The molecule has 0 bridgehead atoms. The highest BCUT2D eigenvalue weighted by molar-refractivity contribution is 7.12. The first kappa shape index (κ1) is 20.8. The number of nitrogens with one attached hydrogen (secondary N) is 1. The summed E-state index contributed by atoms with van der Waals surface area (Å²) in [5, 5.41) is 4.69. The van der Waals surface area contributed by atoms with Crippen molar-refractivity contribution in [2.24, 2.45) is 0 Å². The van der Waals surface area contributed by atoms with Gasteiger partial charge in [-0.25, -0.2) is 0 Å². The van der Waals surface area contributed by atoms with Crippen molar-refractivity contribution in [2.75, 3.05) is 11.4 Å². The van der Waals surface area contributed by atoms with E-state index in [1.165, 1.54) is 16.2 Å². The van der Waals surface area contributed by atoms with Gasteiger partial charge in [0.1, 0.15) is 12.3 Å². The molecule has 6 nitrogen and oxygen atoms in total. The predicted octanol–water partition coefficient (Wildman–Crippen LogP) is 3.80. The number of ketones is 1. The van der Waals surface area contributed by atoms with Crippen LogP contribution in [0.2, 0.25) is 0 Å². The Morgan fingerprint density at radius 1 is 1.10 bits per heavy atom. The van der Waals surface area contributed by atoms with Gasteiger partial charge in [-0.15, -0.1) is 11.3 Å². The maximum atomic E-state index is 13.0. The molecule has 4 rings (SSSR count). The Labute approximate surface area is 184 Å². The third kappa shape index (κ3) is 4.51. The van der Waals surface area contributed by atoms with Gasteiger partial charge in [0, 0.05) is 12.1 Å². The monoisotopic (exact) mass is 434 g/mol. The van der Waals surface area contributed by atoms with Crippen LogP contribution in [0.15, 0.2) is 66.0 Å². The molecule has 1 atom stereocenters. The van der Waals surface area contributed by atoms with Crippen molar-refractivity contribution in [3.05, 3.63) is 82.0 Å². The number of hydrogen-bond donors (Lipinski definition) is 1. The minimum atomic E-state index is -0.659. The number of fused-ring (bicyclic) bond motifs is 1. The molecule has 0 saturated carbocycles. The molecular weight excluding hydrogens is 412 g/mol. The Balaban J connectivity index is 1.57. The lowest BCUT2D eigenvalue weighted by molar-refractivity contribution is -0.129. The fourth-order valence-electron chi connectivity index (χ4n) is 3.43. The molecule has 2 heterocycles. The lowest BCUT2D eigenvalue weighted by Gasteiger charge is -2.34. The lowest BCUT2D eigenvalue weighted by Crippen LogP contribution is -2.49. The summed E-state index contributed by atoms with van der Waals surface area (Å²) in [6, 6.07) is 18.2. The van der Waals surface area contributed by atoms with Gasteiger partial charge in [-0.3, -0.25) is 19.3 Å². The summed E-state index contributed by atoms with van der Waals surface area (Å²) in [5.74, 6) is -0.207. The molecule has 2 aromatic carbocycles. The van der Waals surface area contributed by atoms with Crippen molar-refractivity contribution in [1.29, 1.82) is 0 Å². The number of rotatable bonds is 7. The van der Waals surface area contributed by atoms with Crippen molar-refractivity contribution in [2.45, 2.75) is 26.0 Å². The number of nitrogens with zero attached hydrogens (tertiary/aromatic N) is 1. The van der Waals surface area contributed by atoms with Crippen LogP contribution in [0.4, 0.5) is 5.69 Å². The van der Waals surface area contributed by atoms with Crippen molar-refractivity contribution < 1.29 is 19.1 Å². The Morgan fingerprint density at radius 3 is 2.61 bits per heavy atom. The van der Waals surface area contributed by atoms with Gasteiger partial charge in [0.25, 0.3) is 5.91 Å². The Kier molecular flexibility index (Phi) is 6.13. The van der Waals surface area contributed by atoms with Gasteiger partial charge >= 0.3 is 0 Å². The number of carbonyl (C=O) groups excluding carboxylic acids is 3. The van der Waals surface area contributed by atoms with Crippen LogP contribution in [0.1, 0.15) is 34.1 Å². The minimum absolute atomic E-state index is 0.128. The number of amides is 2. The van der Waals surface area contributed by atoms with E-state index < -0.39 is 6.10 Å². The minimum Gasteiger partial charge on any atom is -0.478 e. The molecule has 7 heteroatoms. The second kappa shape index (κ2) is 9.14. The average molecular weight is 435 g/mol. The summed E-state index contributed by atoms with van der Waals surface area (Å²) < 4.78 is 5.83. The molecule has 158 valence electrons. The van der Waals surface area contributed by atoms with Crippen LogP contribution in [0.5, 0.6) is 5.75 Å². The highest BCUT2D eigenvalue weighted by Gasteiger charge is 2.35. The van der Waals surface area contributed by atoms with E-state index in [0.29, 0.717) is 34.8 Å². The summed E-state index contributed by atoms with van der Waals surface area (Å²) in [6.07, 6.45) is -0.177. The van der Waals surface area contributed by atoms with Crippen molar-refractivity contribution in [3.63, 3.8) is 0 Å². The number of thiophene rings is 1. The SMILES string of the molecule is CCC1Oc2ccc(C(=O)c3cccs3)cc2N(CC(=O)NCc2ccccc2)C1=O. The summed E-state index contributed by atoms with van der Waals surface area (Å²) in [6.45, 7) is 2.09. The zero-order valence-corrected chi connectivity index (χ0v) is 17.9. The van der Waals surface area contributed by atoms with E-state index in [4.69, 9.17) is 4.74 Å². The van der Waals surface area contributed by atoms with Gasteiger partial charge in [0.05, 0.1) is 10.6 Å². The van der Waals surface area contributed by atoms with Crippen LogP contribution in [0.3, 0.4) is 0 Å². The summed E-state index contributed by atoms with van der Waals surface area (Å²) in [5.41, 5.74) is 1.86. The van der Waals surface area contributed by atoms with E-state index in [-0.39, 0.29) is 24.1 Å². The number of carbonyl (C=O) groups is 3. The Bertz CT molecular complexity index is 1100. The molecule has 1 N–H and O–H groups in total. The van der Waals surface area contributed by atoms with E-state index in [2.05, 4.69) is 5.32 Å². The molecule has 0 saturated heterocycles.